The molecule has 0 aliphatic heterocycles. The van der Waals surface area contributed by atoms with Gasteiger partial charge in [-0.05, 0) is 29.8 Å². The van der Waals surface area contributed by atoms with Crippen molar-refractivity contribution in [2.75, 3.05) is 14.2 Å². The van der Waals surface area contributed by atoms with Crippen molar-refractivity contribution in [3.8, 4) is 5.75 Å². The van der Waals surface area contributed by atoms with Crippen LogP contribution in [0.15, 0.2) is 54.6 Å². The maximum atomic E-state index is 12.9. The van der Waals surface area contributed by atoms with Crippen molar-refractivity contribution >= 4 is 12.0 Å². The summed E-state index contributed by atoms with van der Waals surface area (Å²) in [5, 5.41) is 0. The number of methoxy groups -OCH3 is 1. The Morgan fingerprint density at radius 2 is 1.86 bits per heavy atom. The van der Waals surface area contributed by atoms with Gasteiger partial charge in [0.1, 0.15) is 11.6 Å². The number of hydrogen-bond donors (Lipinski definition) is 0. The molecule has 0 saturated carbocycles. The highest BCUT2D eigenvalue weighted by Gasteiger charge is 2.06. The molecule has 0 bridgehead atoms. The van der Waals surface area contributed by atoms with Gasteiger partial charge >= 0.3 is 0 Å². The monoisotopic (exact) mass is 299 g/mol. The fraction of sp³-hybridized carbons (Fsp3) is 0.167. The molecule has 0 atom stereocenters. The number of carbonyl (C=O) groups excluding carboxylic acids is 1. The van der Waals surface area contributed by atoms with Crippen molar-refractivity contribution in [3.63, 3.8) is 0 Å². The van der Waals surface area contributed by atoms with E-state index in [2.05, 4.69) is 0 Å². The SMILES string of the molecule is COc1ccccc1C=CC(=O)N(C)Cc1ccc(F)cc1. The van der Waals surface area contributed by atoms with Crippen molar-refractivity contribution in [3.05, 3.63) is 71.6 Å². The highest BCUT2D eigenvalue weighted by Crippen LogP contribution is 2.18. The van der Waals surface area contributed by atoms with Crippen molar-refractivity contribution in [1.29, 1.82) is 0 Å². The van der Waals surface area contributed by atoms with Crippen molar-refractivity contribution in [2.45, 2.75) is 6.54 Å². The van der Waals surface area contributed by atoms with E-state index in [0.717, 1.165) is 11.1 Å². The first kappa shape index (κ1) is 15.8. The molecule has 0 N–H and O–H groups in total. The summed E-state index contributed by atoms with van der Waals surface area (Å²) in [4.78, 5) is 13.7. The summed E-state index contributed by atoms with van der Waals surface area (Å²) in [5.74, 6) is 0.303. The van der Waals surface area contributed by atoms with Gasteiger partial charge in [0.25, 0.3) is 0 Å². The molecule has 2 aromatic rings. The van der Waals surface area contributed by atoms with Gasteiger partial charge in [0, 0.05) is 25.2 Å². The van der Waals surface area contributed by atoms with Gasteiger partial charge in [-0.2, -0.15) is 0 Å². The molecule has 0 aliphatic carbocycles. The molecule has 22 heavy (non-hydrogen) atoms. The molecule has 0 saturated heterocycles. The molecule has 0 heterocycles. The van der Waals surface area contributed by atoms with Crippen LogP contribution in [0.2, 0.25) is 0 Å². The van der Waals surface area contributed by atoms with Crippen LogP contribution in [0.4, 0.5) is 4.39 Å². The van der Waals surface area contributed by atoms with E-state index in [9.17, 15) is 9.18 Å². The molecule has 0 spiro atoms. The summed E-state index contributed by atoms with van der Waals surface area (Å²) < 4.78 is 18.1. The first-order chi connectivity index (χ1) is 10.6. The van der Waals surface area contributed by atoms with Crippen molar-refractivity contribution in [1.82, 2.24) is 4.90 Å². The Balaban J connectivity index is 2.01. The molecule has 0 radical (unpaired) electrons. The van der Waals surface area contributed by atoms with Crippen LogP contribution in [0.25, 0.3) is 6.08 Å². The third-order valence-corrected chi connectivity index (χ3v) is 3.25. The summed E-state index contributed by atoms with van der Waals surface area (Å²) in [6, 6.07) is 13.6. The zero-order valence-corrected chi connectivity index (χ0v) is 12.6. The Labute approximate surface area is 129 Å². The van der Waals surface area contributed by atoms with Crippen molar-refractivity contribution in [2.24, 2.45) is 0 Å². The average molecular weight is 299 g/mol. The van der Waals surface area contributed by atoms with Gasteiger partial charge in [-0.3, -0.25) is 4.79 Å². The van der Waals surface area contributed by atoms with E-state index in [1.165, 1.54) is 18.2 Å². The zero-order chi connectivity index (χ0) is 15.9. The lowest BCUT2D eigenvalue weighted by molar-refractivity contribution is -0.125. The summed E-state index contributed by atoms with van der Waals surface area (Å²) in [6.07, 6.45) is 3.23. The zero-order valence-electron chi connectivity index (χ0n) is 12.6. The molecular formula is C18H18FNO2. The Bertz CT molecular complexity index is 665. The Morgan fingerprint density at radius 1 is 1.18 bits per heavy atom. The second-order valence-corrected chi connectivity index (χ2v) is 4.90. The first-order valence-corrected chi connectivity index (χ1v) is 6.91. The van der Waals surface area contributed by atoms with E-state index < -0.39 is 0 Å². The first-order valence-electron chi connectivity index (χ1n) is 6.91. The van der Waals surface area contributed by atoms with Gasteiger partial charge in [0.05, 0.1) is 7.11 Å². The minimum absolute atomic E-state index is 0.129. The summed E-state index contributed by atoms with van der Waals surface area (Å²) in [7, 11) is 3.30. The number of likely N-dealkylation sites (N-methyl/N-ethyl adjacent to an activating group) is 1. The van der Waals surface area contributed by atoms with Gasteiger partial charge in [-0.1, -0.05) is 30.3 Å². The van der Waals surface area contributed by atoms with Gasteiger partial charge in [-0.25, -0.2) is 4.39 Å². The lowest BCUT2D eigenvalue weighted by Gasteiger charge is -2.15. The quantitative estimate of drug-likeness (QED) is 0.791. The number of amides is 1. The van der Waals surface area contributed by atoms with E-state index in [-0.39, 0.29) is 11.7 Å². The summed E-state index contributed by atoms with van der Waals surface area (Å²) >= 11 is 0. The normalized spacial score (nSPS) is 10.7. The molecular weight excluding hydrogens is 281 g/mol. The van der Waals surface area contributed by atoms with Crippen LogP contribution in [0.1, 0.15) is 11.1 Å². The van der Waals surface area contributed by atoms with Crippen LogP contribution in [0.3, 0.4) is 0 Å². The fourth-order valence-electron chi connectivity index (χ4n) is 2.03. The lowest BCUT2D eigenvalue weighted by atomic mass is 10.2. The molecule has 3 nitrogen and oxygen atoms in total. The lowest BCUT2D eigenvalue weighted by Crippen LogP contribution is -2.24. The molecule has 2 rings (SSSR count). The third kappa shape index (κ3) is 4.19. The molecule has 0 fully saturated rings. The van der Waals surface area contributed by atoms with Crippen LogP contribution in [0, 0.1) is 5.82 Å². The number of ether oxygens (including phenoxy) is 1. The Kier molecular flexibility index (Phi) is 5.31. The standard InChI is InChI=1S/C18H18FNO2/c1-20(13-14-7-10-16(19)11-8-14)18(21)12-9-15-5-3-4-6-17(15)22-2/h3-12H,13H2,1-2H3. The van der Waals surface area contributed by atoms with Crippen LogP contribution in [0.5, 0.6) is 5.75 Å². The second kappa shape index (κ2) is 7.41. The predicted molar refractivity (Wildman–Crippen MR) is 84.9 cm³/mol. The fourth-order valence-corrected chi connectivity index (χ4v) is 2.03. The number of nitrogens with zero attached hydrogens (tertiary/aromatic N) is 1. The molecule has 0 unspecified atom stereocenters. The summed E-state index contributed by atoms with van der Waals surface area (Å²) in [6.45, 7) is 0.426. The maximum Gasteiger partial charge on any atom is 0.246 e. The molecule has 4 heteroatoms. The minimum Gasteiger partial charge on any atom is -0.496 e. The van der Waals surface area contributed by atoms with E-state index in [0.29, 0.717) is 12.3 Å². The number of carbonyl (C=O) groups is 1. The largest absolute Gasteiger partial charge is 0.496 e. The molecule has 114 valence electrons. The molecule has 2 aromatic carbocycles. The molecule has 1 amide bonds. The second-order valence-electron chi connectivity index (χ2n) is 4.90. The van der Waals surface area contributed by atoms with Crippen LogP contribution < -0.4 is 4.74 Å². The highest BCUT2D eigenvalue weighted by molar-refractivity contribution is 5.92. The molecule has 0 aliphatic rings. The van der Waals surface area contributed by atoms with Gasteiger partial charge in [-0.15, -0.1) is 0 Å². The van der Waals surface area contributed by atoms with Crippen LogP contribution in [-0.2, 0) is 11.3 Å². The topological polar surface area (TPSA) is 29.5 Å². The van der Waals surface area contributed by atoms with Crippen LogP contribution in [-0.4, -0.2) is 25.0 Å². The van der Waals surface area contributed by atoms with Gasteiger partial charge in [0.2, 0.25) is 5.91 Å². The van der Waals surface area contributed by atoms with E-state index in [1.54, 1.807) is 37.3 Å². The number of rotatable bonds is 5. The smallest absolute Gasteiger partial charge is 0.246 e. The van der Waals surface area contributed by atoms with Crippen molar-refractivity contribution < 1.29 is 13.9 Å². The van der Waals surface area contributed by atoms with E-state index in [4.69, 9.17) is 4.74 Å². The Morgan fingerprint density at radius 3 is 2.55 bits per heavy atom. The van der Waals surface area contributed by atoms with Gasteiger partial charge < -0.3 is 9.64 Å². The average Bonchev–Trinajstić information content (AvgIpc) is 2.54. The van der Waals surface area contributed by atoms with Crippen LogP contribution >= 0.6 is 0 Å². The predicted octanol–water partition coefficient (Wildman–Crippen LogP) is 3.51. The van der Waals surface area contributed by atoms with Gasteiger partial charge in [0.15, 0.2) is 0 Å². The van der Waals surface area contributed by atoms with E-state index in [1.807, 2.05) is 24.3 Å². The maximum absolute atomic E-state index is 12.9. The highest BCUT2D eigenvalue weighted by atomic mass is 19.1. The Hall–Kier alpha value is -2.62. The minimum atomic E-state index is -0.284. The number of benzene rings is 2. The number of para-hydroxylation sites is 1. The number of hydrogen-bond acceptors (Lipinski definition) is 2. The number of halogens is 1. The van der Waals surface area contributed by atoms with E-state index >= 15 is 0 Å². The third-order valence-electron chi connectivity index (χ3n) is 3.25. The molecule has 0 aromatic heterocycles. The summed E-state index contributed by atoms with van der Waals surface area (Å²) in [5.41, 5.74) is 1.72.